The van der Waals surface area contributed by atoms with E-state index in [1.54, 1.807) is 12.0 Å². The molecule has 1 aromatic rings. The number of carboxylic acid groups (broad SMARTS) is 1. The van der Waals surface area contributed by atoms with Crippen LogP contribution in [0.5, 0.6) is 0 Å². The number of aliphatic carboxylic acids is 1. The Morgan fingerprint density at radius 3 is 2.81 bits per heavy atom. The third-order valence-electron chi connectivity index (χ3n) is 3.14. The van der Waals surface area contributed by atoms with Gasteiger partial charge in [0.2, 0.25) is 0 Å². The largest absolute Gasteiger partial charge is 0.480 e. The molecule has 0 spiro atoms. The lowest BCUT2D eigenvalue weighted by molar-refractivity contribution is -0.139. The third kappa shape index (κ3) is 1.65. The summed E-state index contributed by atoms with van der Waals surface area (Å²) in [5, 5.41) is 9.15. The third-order valence-corrected chi connectivity index (χ3v) is 3.14. The number of benzene rings is 1. The first-order valence-electron chi connectivity index (χ1n) is 5.22. The molecule has 1 aliphatic rings. The van der Waals surface area contributed by atoms with Gasteiger partial charge < -0.3 is 14.7 Å². The van der Waals surface area contributed by atoms with E-state index in [-0.39, 0.29) is 6.10 Å². The minimum Gasteiger partial charge on any atom is -0.480 e. The minimum absolute atomic E-state index is 0.131. The summed E-state index contributed by atoms with van der Waals surface area (Å²) in [7, 11) is 3.43. The Balaban J connectivity index is 2.44. The second-order valence-electron chi connectivity index (χ2n) is 3.98. The maximum Gasteiger partial charge on any atom is 0.326 e. The number of hydrogen-bond acceptors (Lipinski definition) is 3. The average molecular weight is 221 g/mol. The molecule has 0 aromatic heterocycles. The maximum atomic E-state index is 11.1. The lowest BCUT2D eigenvalue weighted by Crippen LogP contribution is -2.43. The van der Waals surface area contributed by atoms with Gasteiger partial charge in [-0.05, 0) is 6.07 Å². The van der Waals surface area contributed by atoms with E-state index in [1.165, 1.54) is 0 Å². The minimum atomic E-state index is -0.806. The van der Waals surface area contributed by atoms with Crippen molar-refractivity contribution in [3.63, 3.8) is 0 Å². The molecule has 1 heterocycles. The van der Waals surface area contributed by atoms with Crippen molar-refractivity contribution in [3.05, 3.63) is 29.8 Å². The summed E-state index contributed by atoms with van der Waals surface area (Å²) in [6.45, 7) is 0. The number of rotatable bonds is 2. The van der Waals surface area contributed by atoms with Gasteiger partial charge in [0.15, 0.2) is 0 Å². The monoisotopic (exact) mass is 221 g/mol. The molecule has 86 valence electrons. The van der Waals surface area contributed by atoms with Gasteiger partial charge >= 0.3 is 5.97 Å². The second-order valence-corrected chi connectivity index (χ2v) is 3.98. The van der Waals surface area contributed by atoms with Gasteiger partial charge in [-0.25, -0.2) is 4.79 Å². The smallest absolute Gasteiger partial charge is 0.326 e. The molecule has 2 atom stereocenters. The molecular weight excluding hydrogens is 206 g/mol. The van der Waals surface area contributed by atoms with Crippen LogP contribution in [0, 0.1) is 0 Å². The van der Waals surface area contributed by atoms with Gasteiger partial charge in [-0.3, -0.25) is 0 Å². The number of ether oxygens (including phenoxy) is 1. The normalized spacial score (nSPS) is 24.0. The molecule has 0 amide bonds. The molecule has 0 saturated heterocycles. The van der Waals surface area contributed by atoms with Gasteiger partial charge in [-0.2, -0.15) is 0 Å². The summed E-state index contributed by atoms with van der Waals surface area (Å²) >= 11 is 0. The van der Waals surface area contributed by atoms with E-state index in [1.807, 2.05) is 31.3 Å². The number of methoxy groups -OCH3 is 1. The standard InChI is InChI=1S/C12H15NO3/c1-13-9-6-4-3-5-8(9)11(16-2)7-10(13)12(14)15/h3-6,10-11H,7H2,1-2H3,(H,14,15). The Hall–Kier alpha value is -1.55. The van der Waals surface area contributed by atoms with Gasteiger partial charge in [0, 0.05) is 31.8 Å². The van der Waals surface area contributed by atoms with E-state index in [4.69, 9.17) is 9.84 Å². The number of hydrogen-bond donors (Lipinski definition) is 1. The molecule has 1 aromatic carbocycles. The first-order chi connectivity index (χ1) is 7.65. The summed E-state index contributed by atoms with van der Waals surface area (Å²) in [6.07, 6.45) is 0.354. The zero-order chi connectivity index (χ0) is 11.7. The molecule has 4 heteroatoms. The fraction of sp³-hybridized carbons (Fsp3) is 0.417. The highest BCUT2D eigenvalue weighted by Gasteiger charge is 2.34. The highest BCUT2D eigenvalue weighted by Crippen LogP contribution is 2.37. The predicted molar refractivity (Wildman–Crippen MR) is 60.6 cm³/mol. The molecule has 0 radical (unpaired) electrons. The quantitative estimate of drug-likeness (QED) is 0.825. The highest BCUT2D eigenvalue weighted by atomic mass is 16.5. The number of para-hydroxylation sites is 1. The molecule has 16 heavy (non-hydrogen) atoms. The maximum absolute atomic E-state index is 11.1. The van der Waals surface area contributed by atoms with Crippen molar-refractivity contribution in [3.8, 4) is 0 Å². The van der Waals surface area contributed by atoms with Crippen molar-refractivity contribution < 1.29 is 14.6 Å². The van der Waals surface area contributed by atoms with Crippen LogP contribution in [0.4, 0.5) is 5.69 Å². The zero-order valence-corrected chi connectivity index (χ0v) is 9.38. The topological polar surface area (TPSA) is 49.8 Å². The van der Waals surface area contributed by atoms with E-state index in [0.29, 0.717) is 6.42 Å². The van der Waals surface area contributed by atoms with Crippen molar-refractivity contribution >= 4 is 11.7 Å². The predicted octanol–water partition coefficient (Wildman–Crippen LogP) is 1.67. The first-order valence-corrected chi connectivity index (χ1v) is 5.22. The summed E-state index contributed by atoms with van der Waals surface area (Å²) in [5.41, 5.74) is 2.00. The van der Waals surface area contributed by atoms with Gasteiger partial charge in [0.1, 0.15) is 6.04 Å². The van der Waals surface area contributed by atoms with Crippen molar-refractivity contribution in [2.24, 2.45) is 0 Å². The van der Waals surface area contributed by atoms with Crippen LogP contribution in [-0.4, -0.2) is 31.3 Å². The number of fused-ring (bicyclic) bond motifs is 1. The summed E-state index contributed by atoms with van der Waals surface area (Å²) in [5.74, 6) is -0.806. The molecule has 4 nitrogen and oxygen atoms in total. The summed E-state index contributed by atoms with van der Waals surface area (Å²) < 4.78 is 5.36. The van der Waals surface area contributed by atoms with Crippen LogP contribution >= 0.6 is 0 Å². The van der Waals surface area contributed by atoms with Crippen LogP contribution < -0.4 is 4.90 Å². The number of carboxylic acids is 1. The molecule has 2 unspecified atom stereocenters. The molecule has 2 rings (SSSR count). The number of anilines is 1. The van der Waals surface area contributed by atoms with Crippen molar-refractivity contribution in [1.82, 2.24) is 0 Å². The average Bonchev–Trinajstić information content (AvgIpc) is 2.29. The lowest BCUT2D eigenvalue weighted by Gasteiger charge is -2.37. The number of carbonyl (C=O) groups is 1. The Labute approximate surface area is 94.4 Å². The molecule has 0 fully saturated rings. The van der Waals surface area contributed by atoms with E-state index < -0.39 is 12.0 Å². The molecule has 1 N–H and O–H groups in total. The van der Waals surface area contributed by atoms with E-state index in [0.717, 1.165) is 11.3 Å². The van der Waals surface area contributed by atoms with Gasteiger partial charge in [0.05, 0.1) is 6.10 Å². The van der Waals surface area contributed by atoms with Gasteiger partial charge in [0.25, 0.3) is 0 Å². The molecule has 0 saturated carbocycles. The van der Waals surface area contributed by atoms with Crippen molar-refractivity contribution in [1.29, 1.82) is 0 Å². The zero-order valence-electron chi connectivity index (χ0n) is 9.38. The molecule has 0 bridgehead atoms. The van der Waals surface area contributed by atoms with Crippen LogP contribution in [-0.2, 0) is 9.53 Å². The highest BCUT2D eigenvalue weighted by molar-refractivity contribution is 5.80. The molecular formula is C12H15NO3. The van der Waals surface area contributed by atoms with Crippen LogP contribution in [0.2, 0.25) is 0 Å². The Morgan fingerprint density at radius 2 is 2.19 bits per heavy atom. The first kappa shape index (κ1) is 11.0. The fourth-order valence-corrected chi connectivity index (χ4v) is 2.23. The Morgan fingerprint density at radius 1 is 1.50 bits per heavy atom. The van der Waals surface area contributed by atoms with Gasteiger partial charge in [-0.1, -0.05) is 18.2 Å². The summed E-state index contributed by atoms with van der Waals surface area (Å²) in [4.78, 5) is 12.9. The van der Waals surface area contributed by atoms with Crippen molar-refractivity contribution in [2.75, 3.05) is 19.1 Å². The van der Waals surface area contributed by atoms with Crippen LogP contribution in [0.15, 0.2) is 24.3 Å². The number of likely N-dealkylation sites (N-methyl/N-ethyl adjacent to an activating group) is 1. The van der Waals surface area contributed by atoms with Crippen LogP contribution in [0.3, 0.4) is 0 Å². The van der Waals surface area contributed by atoms with Gasteiger partial charge in [-0.15, -0.1) is 0 Å². The molecule has 0 aliphatic carbocycles. The second kappa shape index (κ2) is 4.14. The number of nitrogens with zero attached hydrogens (tertiary/aromatic N) is 1. The fourth-order valence-electron chi connectivity index (χ4n) is 2.23. The Bertz CT molecular complexity index is 405. The molecule has 1 aliphatic heterocycles. The van der Waals surface area contributed by atoms with E-state index in [9.17, 15) is 4.79 Å². The van der Waals surface area contributed by atoms with E-state index in [2.05, 4.69) is 0 Å². The SMILES string of the molecule is COC1CC(C(=O)O)N(C)c2ccccc21. The van der Waals surface area contributed by atoms with Crippen LogP contribution in [0.1, 0.15) is 18.1 Å². The van der Waals surface area contributed by atoms with Crippen LogP contribution in [0.25, 0.3) is 0 Å². The Kier molecular flexibility index (Phi) is 2.83. The van der Waals surface area contributed by atoms with E-state index >= 15 is 0 Å². The van der Waals surface area contributed by atoms with Crippen molar-refractivity contribution in [2.45, 2.75) is 18.6 Å². The summed E-state index contributed by atoms with van der Waals surface area (Å²) in [6, 6.07) is 7.25. The lowest BCUT2D eigenvalue weighted by atomic mass is 9.93.